The second-order valence-electron chi connectivity index (χ2n) is 7.38. The number of benzene rings is 1. The quantitative estimate of drug-likeness (QED) is 0.834. The van der Waals surface area contributed by atoms with Crippen molar-refractivity contribution in [2.75, 3.05) is 33.7 Å². The van der Waals surface area contributed by atoms with Crippen molar-refractivity contribution in [1.82, 2.24) is 14.5 Å². The largest absolute Gasteiger partial charge is 0.350 e. The molecule has 0 spiro atoms. The standard InChI is InChI=1S/C18H29N3O3S/c1-18(2,20(3)4)14-19-17(22)15-8-10-16(11-9-15)25(23,24)21-12-6-5-7-13-21/h8-11H,5-7,12-14H2,1-4H3,(H,19,22). The molecule has 1 saturated heterocycles. The van der Waals surface area contributed by atoms with Gasteiger partial charge >= 0.3 is 0 Å². The van der Waals surface area contributed by atoms with Gasteiger partial charge in [-0.2, -0.15) is 4.31 Å². The molecule has 0 aromatic heterocycles. The molecule has 1 amide bonds. The minimum absolute atomic E-state index is 0.160. The summed E-state index contributed by atoms with van der Waals surface area (Å²) in [6.07, 6.45) is 2.89. The minimum Gasteiger partial charge on any atom is -0.350 e. The molecule has 1 aliphatic heterocycles. The smallest absolute Gasteiger partial charge is 0.251 e. The van der Waals surface area contributed by atoms with Crippen molar-refractivity contribution in [3.63, 3.8) is 0 Å². The maximum atomic E-state index is 12.6. The average molecular weight is 368 g/mol. The van der Waals surface area contributed by atoms with Gasteiger partial charge in [-0.3, -0.25) is 4.79 Å². The summed E-state index contributed by atoms with van der Waals surface area (Å²) < 4.78 is 26.8. The number of hydrogen-bond acceptors (Lipinski definition) is 4. The van der Waals surface area contributed by atoms with Gasteiger partial charge in [-0.05, 0) is 65.0 Å². The Balaban J connectivity index is 2.05. The van der Waals surface area contributed by atoms with Crippen LogP contribution in [-0.2, 0) is 10.0 Å². The van der Waals surface area contributed by atoms with Gasteiger partial charge in [-0.15, -0.1) is 0 Å². The summed E-state index contributed by atoms with van der Waals surface area (Å²) in [5.41, 5.74) is 0.305. The summed E-state index contributed by atoms with van der Waals surface area (Å²) >= 11 is 0. The molecule has 7 heteroatoms. The lowest BCUT2D eigenvalue weighted by molar-refractivity contribution is 0.0919. The summed E-state index contributed by atoms with van der Waals surface area (Å²) in [5, 5.41) is 2.90. The molecule has 1 N–H and O–H groups in total. The van der Waals surface area contributed by atoms with E-state index in [1.165, 1.54) is 16.4 Å². The lowest BCUT2D eigenvalue weighted by atomic mass is 10.0. The van der Waals surface area contributed by atoms with Crippen molar-refractivity contribution in [3.05, 3.63) is 29.8 Å². The van der Waals surface area contributed by atoms with Crippen molar-refractivity contribution < 1.29 is 13.2 Å². The molecule has 25 heavy (non-hydrogen) atoms. The van der Waals surface area contributed by atoms with Gasteiger partial charge in [-0.25, -0.2) is 8.42 Å². The first-order chi connectivity index (χ1) is 11.6. The molecule has 1 fully saturated rings. The highest BCUT2D eigenvalue weighted by atomic mass is 32.2. The number of piperidine rings is 1. The zero-order valence-electron chi connectivity index (χ0n) is 15.6. The maximum absolute atomic E-state index is 12.6. The number of sulfonamides is 1. The maximum Gasteiger partial charge on any atom is 0.251 e. The number of carbonyl (C=O) groups excluding carboxylic acids is 1. The van der Waals surface area contributed by atoms with E-state index in [1.807, 2.05) is 32.8 Å². The molecule has 0 bridgehead atoms. The number of carbonyl (C=O) groups is 1. The van der Waals surface area contributed by atoms with E-state index < -0.39 is 10.0 Å². The van der Waals surface area contributed by atoms with E-state index >= 15 is 0 Å². The van der Waals surface area contributed by atoms with Gasteiger partial charge in [0.15, 0.2) is 0 Å². The van der Waals surface area contributed by atoms with E-state index in [1.54, 1.807) is 12.1 Å². The number of nitrogens with one attached hydrogen (secondary N) is 1. The number of rotatable bonds is 6. The van der Waals surface area contributed by atoms with Crippen LogP contribution in [0, 0.1) is 0 Å². The Hall–Kier alpha value is -1.44. The predicted molar refractivity (Wildman–Crippen MR) is 99.2 cm³/mol. The van der Waals surface area contributed by atoms with Gasteiger partial charge in [0.1, 0.15) is 0 Å². The highest BCUT2D eigenvalue weighted by molar-refractivity contribution is 7.89. The fourth-order valence-electron chi connectivity index (χ4n) is 2.59. The van der Waals surface area contributed by atoms with Crippen molar-refractivity contribution in [3.8, 4) is 0 Å². The Morgan fingerprint density at radius 3 is 2.20 bits per heavy atom. The molecule has 1 aliphatic rings. The van der Waals surface area contributed by atoms with Gasteiger partial charge in [0.05, 0.1) is 4.90 Å². The topological polar surface area (TPSA) is 69.7 Å². The number of likely N-dealkylation sites (N-methyl/N-ethyl adjacent to an activating group) is 1. The minimum atomic E-state index is -3.46. The molecular weight excluding hydrogens is 338 g/mol. The lowest BCUT2D eigenvalue weighted by Crippen LogP contribution is -2.48. The van der Waals surface area contributed by atoms with Gasteiger partial charge in [0.25, 0.3) is 5.91 Å². The van der Waals surface area contributed by atoms with E-state index in [-0.39, 0.29) is 16.3 Å². The molecule has 6 nitrogen and oxygen atoms in total. The average Bonchev–Trinajstić information content (AvgIpc) is 2.60. The zero-order valence-corrected chi connectivity index (χ0v) is 16.4. The Morgan fingerprint density at radius 1 is 1.12 bits per heavy atom. The fourth-order valence-corrected chi connectivity index (χ4v) is 4.11. The Morgan fingerprint density at radius 2 is 1.68 bits per heavy atom. The number of nitrogens with zero attached hydrogens (tertiary/aromatic N) is 2. The van der Waals surface area contributed by atoms with E-state index in [0.717, 1.165) is 19.3 Å². The van der Waals surface area contributed by atoms with Gasteiger partial charge in [-0.1, -0.05) is 6.42 Å². The molecule has 0 radical (unpaired) electrons. The van der Waals surface area contributed by atoms with Crippen LogP contribution in [0.15, 0.2) is 29.2 Å². The zero-order chi connectivity index (χ0) is 18.7. The summed E-state index contributed by atoms with van der Waals surface area (Å²) in [6.45, 7) is 5.74. The van der Waals surface area contributed by atoms with Crippen LogP contribution in [0.5, 0.6) is 0 Å². The Labute approximate surface area is 151 Å². The molecular formula is C18H29N3O3S. The fraction of sp³-hybridized carbons (Fsp3) is 0.611. The Kier molecular flexibility index (Phi) is 6.24. The summed E-state index contributed by atoms with van der Waals surface area (Å²) in [4.78, 5) is 14.6. The third-order valence-corrected chi connectivity index (χ3v) is 6.87. The van der Waals surface area contributed by atoms with Crippen molar-refractivity contribution in [2.24, 2.45) is 0 Å². The number of amides is 1. The van der Waals surface area contributed by atoms with Crippen LogP contribution in [0.2, 0.25) is 0 Å². The Bertz CT molecular complexity index is 691. The summed E-state index contributed by atoms with van der Waals surface area (Å²) in [5.74, 6) is -0.197. The molecule has 0 saturated carbocycles. The van der Waals surface area contributed by atoms with Crippen LogP contribution in [0.3, 0.4) is 0 Å². The predicted octanol–water partition coefficient (Wildman–Crippen LogP) is 1.93. The molecule has 1 heterocycles. The van der Waals surface area contributed by atoms with Crippen LogP contribution in [-0.4, -0.2) is 62.8 Å². The van der Waals surface area contributed by atoms with Crippen molar-refractivity contribution in [2.45, 2.75) is 43.5 Å². The summed E-state index contributed by atoms with van der Waals surface area (Å²) in [6, 6.07) is 6.20. The first-order valence-electron chi connectivity index (χ1n) is 8.70. The first kappa shape index (κ1) is 19.9. The second-order valence-corrected chi connectivity index (χ2v) is 9.32. The lowest BCUT2D eigenvalue weighted by Gasteiger charge is -2.32. The highest BCUT2D eigenvalue weighted by Gasteiger charge is 2.26. The third kappa shape index (κ3) is 4.80. The normalized spacial score (nSPS) is 16.8. The second kappa shape index (κ2) is 7.85. The molecule has 0 atom stereocenters. The SMILES string of the molecule is CN(C)C(C)(C)CNC(=O)c1ccc(S(=O)(=O)N2CCCCC2)cc1. The molecule has 0 unspecified atom stereocenters. The molecule has 1 aromatic rings. The van der Waals surface area contributed by atoms with Crippen LogP contribution in [0.25, 0.3) is 0 Å². The molecule has 1 aromatic carbocycles. The number of hydrogen-bond donors (Lipinski definition) is 1. The van der Waals surface area contributed by atoms with E-state index in [0.29, 0.717) is 25.2 Å². The monoisotopic (exact) mass is 367 g/mol. The van der Waals surface area contributed by atoms with Crippen molar-refractivity contribution >= 4 is 15.9 Å². The van der Waals surface area contributed by atoms with Crippen LogP contribution in [0.4, 0.5) is 0 Å². The van der Waals surface area contributed by atoms with Gasteiger partial charge in [0.2, 0.25) is 10.0 Å². The van der Waals surface area contributed by atoms with Crippen LogP contribution < -0.4 is 5.32 Å². The molecule has 140 valence electrons. The van der Waals surface area contributed by atoms with E-state index in [4.69, 9.17) is 0 Å². The highest BCUT2D eigenvalue weighted by Crippen LogP contribution is 2.21. The third-order valence-electron chi connectivity index (χ3n) is 4.96. The van der Waals surface area contributed by atoms with Crippen LogP contribution in [0.1, 0.15) is 43.5 Å². The first-order valence-corrected chi connectivity index (χ1v) is 10.1. The molecule has 0 aliphatic carbocycles. The summed E-state index contributed by atoms with van der Waals surface area (Å²) in [7, 11) is 0.473. The van der Waals surface area contributed by atoms with Crippen molar-refractivity contribution in [1.29, 1.82) is 0 Å². The van der Waals surface area contributed by atoms with Gasteiger partial charge in [0, 0.05) is 30.7 Å². The van der Waals surface area contributed by atoms with Gasteiger partial charge < -0.3 is 10.2 Å². The van der Waals surface area contributed by atoms with Crippen LogP contribution >= 0.6 is 0 Å². The molecule has 2 rings (SSSR count). The van der Waals surface area contributed by atoms with E-state index in [2.05, 4.69) is 5.32 Å². The van der Waals surface area contributed by atoms with E-state index in [9.17, 15) is 13.2 Å².